The lowest BCUT2D eigenvalue weighted by Gasteiger charge is -2.15. The van der Waals surface area contributed by atoms with Crippen molar-refractivity contribution in [2.45, 2.75) is 4.90 Å². The molecule has 0 saturated heterocycles. The number of nitrogens with two attached hydrogens (primary N) is 2. The molecule has 0 spiro atoms. The van der Waals surface area contributed by atoms with Gasteiger partial charge in [0, 0.05) is 6.07 Å². The lowest BCUT2D eigenvalue weighted by molar-refractivity contribution is 0.0880. The zero-order valence-electron chi connectivity index (χ0n) is 12.0. The summed E-state index contributed by atoms with van der Waals surface area (Å²) in [7, 11) is -4.09. The van der Waals surface area contributed by atoms with Gasteiger partial charge in [-0.25, -0.2) is 13.6 Å². The molecule has 0 bridgehead atoms. The Morgan fingerprint density at radius 1 is 1.00 bits per heavy atom. The van der Waals surface area contributed by atoms with Crippen molar-refractivity contribution < 1.29 is 18.0 Å². The first-order chi connectivity index (χ1) is 11.5. The van der Waals surface area contributed by atoms with Crippen LogP contribution in [0.5, 0.6) is 0 Å². The Bertz CT molecular complexity index is 1120. The zero-order chi connectivity index (χ0) is 18.7. The molecule has 0 fully saturated rings. The third-order valence-corrected chi connectivity index (χ3v) is 4.96. The number of benzene rings is 1. The molecule has 2 amide bonds. The SMILES string of the molecule is Nc1c2c(cc(=O)n1-c1c(Cl)cc(S(N)(=O)=O)cc1Cl)C(=O)NC2=O. The second kappa shape index (κ2) is 5.56. The maximum atomic E-state index is 12.4. The first-order valence-corrected chi connectivity index (χ1v) is 8.76. The minimum atomic E-state index is -4.09. The number of nitrogen functional groups attached to an aromatic ring is 1. The Labute approximate surface area is 150 Å². The molecular weight excluding hydrogens is 395 g/mol. The van der Waals surface area contributed by atoms with Gasteiger partial charge >= 0.3 is 0 Å². The van der Waals surface area contributed by atoms with Crippen molar-refractivity contribution in [1.82, 2.24) is 9.88 Å². The molecule has 0 saturated carbocycles. The first kappa shape index (κ1) is 17.4. The second-order valence-electron chi connectivity index (χ2n) is 5.06. The molecule has 2 heterocycles. The molecule has 0 aliphatic carbocycles. The number of aromatic nitrogens is 1. The highest BCUT2D eigenvalue weighted by atomic mass is 35.5. The topological polar surface area (TPSA) is 154 Å². The number of hydrogen-bond acceptors (Lipinski definition) is 6. The number of rotatable bonds is 2. The van der Waals surface area contributed by atoms with Crippen LogP contribution in [0.25, 0.3) is 5.69 Å². The summed E-state index contributed by atoms with van der Waals surface area (Å²) in [5, 5.41) is 6.56. The highest BCUT2D eigenvalue weighted by molar-refractivity contribution is 7.89. The van der Waals surface area contributed by atoms with E-state index in [9.17, 15) is 22.8 Å². The first-order valence-electron chi connectivity index (χ1n) is 6.46. The van der Waals surface area contributed by atoms with E-state index >= 15 is 0 Å². The number of carbonyl (C=O) groups is 2. The molecule has 0 unspecified atom stereocenters. The minimum absolute atomic E-state index is 0.145. The molecule has 1 aromatic carbocycles. The molecule has 130 valence electrons. The average molecular weight is 403 g/mol. The number of nitrogens with zero attached hydrogens (tertiary/aromatic N) is 1. The van der Waals surface area contributed by atoms with Gasteiger partial charge in [-0.15, -0.1) is 0 Å². The standard InChI is InChI=1S/C13H8Cl2N4O5S/c14-6-1-4(25(17,23)24)2-7(15)10(6)19-8(20)3-5-9(11(19)16)13(22)18-12(5)21/h1-3H,16H2,(H2,17,23,24)(H,18,21,22). The maximum absolute atomic E-state index is 12.4. The summed E-state index contributed by atoms with van der Waals surface area (Å²) in [6.07, 6.45) is 0. The quantitative estimate of drug-likeness (QED) is 0.611. The van der Waals surface area contributed by atoms with Crippen LogP contribution in [0.4, 0.5) is 5.82 Å². The van der Waals surface area contributed by atoms with Gasteiger partial charge in [-0.3, -0.25) is 24.3 Å². The molecule has 3 rings (SSSR count). The Morgan fingerprint density at radius 3 is 2.08 bits per heavy atom. The van der Waals surface area contributed by atoms with Crippen molar-refractivity contribution in [2.75, 3.05) is 5.73 Å². The Balaban J connectivity index is 2.37. The molecule has 9 nitrogen and oxygen atoms in total. The molecule has 1 aliphatic rings. The summed E-state index contributed by atoms with van der Waals surface area (Å²) in [5.41, 5.74) is 4.57. The van der Waals surface area contributed by atoms with E-state index in [-0.39, 0.29) is 37.6 Å². The van der Waals surface area contributed by atoms with Crippen LogP contribution in [0.3, 0.4) is 0 Å². The molecule has 0 radical (unpaired) electrons. The average Bonchev–Trinajstić information content (AvgIpc) is 2.75. The predicted octanol–water partition coefficient (Wildman–Crippen LogP) is 0.257. The number of hydrogen-bond donors (Lipinski definition) is 3. The van der Waals surface area contributed by atoms with E-state index in [2.05, 4.69) is 0 Å². The van der Waals surface area contributed by atoms with Crippen molar-refractivity contribution in [3.63, 3.8) is 0 Å². The van der Waals surface area contributed by atoms with Gasteiger partial charge in [-0.2, -0.15) is 0 Å². The number of pyridine rings is 1. The molecule has 5 N–H and O–H groups in total. The van der Waals surface area contributed by atoms with Gasteiger partial charge in [0.05, 0.1) is 31.8 Å². The Morgan fingerprint density at radius 2 is 1.56 bits per heavy atom. The van der Waals surface area contributed by atoms with Crippen molar-refractivity contribution in [1.29, 1.82) is 0 Å². The van der Waals surface area contributed by atoms with Gasteiger partial charge < -0.3 is 5.73 Å². The van der Waals surface area contributed by atoms with Gasteiger partial charge in [0.1, 0.15) is 5.82 Å². The third-order valence-electron chi connectivity index (χ3n) is 3.50. The van der Waals surface area contributed by atoms with Crippen LogP contribution in [-0.4, -0.2) is 24.8 Å². The summed E-state index contributed by atoms with van der Waals surface area (Å²) in [6, 6.07) is 2.89. The van der Waals surface area contributed by atoms with Crippen molar-refractivity contribution >= 4 is 50.9 Å². The van der Waals surface area contributed by atoms with Gasteiger partial charge in [0.2, 0.25) is 10.0 Å². The van der Waals surface area contributed by atoms with E-state index in [0.717, 1.165) is 22.8 Å². The predicted molar refractivity (Wildman–Crippen MR) is 89.6 cm³/mol. The van der Waals surface area contributed by atoms with Crippen LogP contribution in [0.2, 0.25) is 10.0 Å². The maximum Gasteiger partial charge on any atom is 0.262 e. The lowest BCUT2D eigenvalue weighted by atomic mass is 10.1. The van der Waals surface area contributed by atoms with Crippen LogP contribution in [0, 0.1) is 0 Å². The normalized spacial score (nSPS) is 13.7. The highest BCUT2D eigenvalue weighted by Crippen LogP contribution is 2.33. The summed E-state index contributed by atoms with van der Waals surface area (Å²) < 4.78 is 23.7. The van der Waals surface area contributed by atoms with E-state index < -0.39 is 27.4 Å². The van der Waals surface area contributed by atoms with Crippen LogP contribution < -0.4 is 21.7 Å². The largest absolute Gasteiger partial charge is 0.384 e. The van der Waals surface area contributed by atoms with E-state index in [1.165, 1.54) is 0 Å². The van der Waals surface area contributed by atoms with Crippen molar-refractivity contribution in [3.8, 4) is 5.69 Å². The Kier molecular flexibility index (Phi) is 3.88. The summed E-state index contributed by atoms with van der Waals surface area (Å²) >= 11 is 12.1. The van der Waals surface area contributed by atoms with Gasteiger partial charge in [0.15, 0.2) is 0 Å². The van der Waals surface area contributed by atoms with Gasteiger partial charge in [-0.1, -0.05) is 23.2 Å². The molecule has 2 aromatic rings. The van der Waals surface area contributed by atoms with Crippen molar-refractivity contribution in [2.24, 2.45) is 5.14 Å². The van der Waals surface area contributed by atoms with E-state index in [1.54, 1.807) is 0 Å². The summed E-state index contributed by atoms with van der Waals surface area (Å²) in [5.74, 6) is -1.89. The molecule has 12 heteroatoms. The van der Waals surface area contributed by atoms with Crippen molar-refractivity contribution in [3.05, 3.63) is 49.7 Å². The fourth-order valence-electron chi connectivity index (χ4n) is 2.43. The van der Waals surface area contributed by atoms with Crippen LogP contribution in [-0.2, 0) is 10.0 Å². The van der Waals surface area contributed by atoms with Gasteiger partial charge in [-0.05, 0) is 12.1 Å². The summed E-state index contributed by atoms with van der Waals surface area (Å²) in [6.45, 7) is 0. The smallest absolute Gasteiger partial charge is 0.262 e. The number of carbonyl (C=O) groups excluding carboxylic acids is 2. The Hall–Kier alpha value is -2.40. The number of primary sulfonamides is 1. The number of amides is 2. The summed E-state index contributed by atoms with van der Waals surface area (Å²) in [4.78, 5) is 35.5. The number of halogens is 2. The monoisotopic (exact) mass is 402 g/mol. The third kappa shape index (κ3) is 2.68. The highest BCUT2D eigenvalue weighted by Gasteiger charge is 2.32. The molecule has 0 atom stereocenters. The van der Waals surface area contributed by atoms with Crippen LogP contribution >= 0.6 is 23.2 Å². The second-order valence-corrected chi connectivity index (χ2v) is 7.43. The number of nitrogens with one attached hydrogen (secondary N) is 1. The number of fused-ring (bicyclic) bond motifs is 1. The minimum Gasteiger partial charge on any atom is -0.384 e. The molecular formula is C13H8Cl2N4O5S. The number of anilines is 1. The fourth-order valence-corrected chi connectivity index (χ4v) is 3.78. The molecule has 1 aliphatic heterocycles. The fraction of sp³-hybridized carbons (Fsp3) is 0. The van der Waals surface area contributed by atoms with Crippen LogP contribution in [0.1, 0.15) is 20.7 Å². The van der Waals surface area contributed by atoms with Crippen LogP contribution in [0.15, 0.2) is 27.9 Å². The molecule has 25 heavy (non-hydrogen) atoms. The lowest BCUT2D eigenvalue weighted by Crippen LogP contribution is -2.25. The van der Waals surface area contributed by atoms with Gasteiger partial charge in [0.25, 0.3) is 17.4 Å². The zero-order valence-corrected chi connectivity index (χ0v) is 14.4. The van der Waals surface area contributed by atoms with E-state index in [0.29, 0.717) is 0 Å². The number of imide groups is 1. The van der Waals surface area contributed by atoms with E-state index in [1.807, 2.05) is 5.32 Å². The van der Waals surface area contributed by atoms with E-state index in [4.69, 9.17) is 34.1 Å². The number of sulfonamides is 1. The molecule has 1 aromatic heterocycles.